The van der Waals surface area contributed by atoms with E-state index in [0.29, 0.717) is 16.9 Å². The van der Waals surface area contributed by atoms with Crippen LogP contribution in [0.15, 0.2) is 77.6 Å². The Morgan fingerprint density at radius 1 is 0.792 bits per heavy atom. The molecule has 0 saturated heterocycles. The monoisotopic (exact) mass is 313 g/mol. The summed E-state index contributed by atoms with van der Waals surface area (Å²) in [4.78, 5) is 21.5. The van der Waals surface area contributed by atoms with Crippen LogP contribution in [0.25, 0.3) is 28.1 Å². The van der Waals surface area contributed by atoms with Crippen molar-refractivity contribution >= 4 is 11.0 Å². The molecule has 4 rings (SSSR count). The SMILES string of the molecule is Cc1ccc2c(=O)nc(-c3ccccc3)n(-c3ccccc3)c2n1. The van der Waals surface area contributed by atoms with Crippen LogP contribution in [-0.2, 0) is 0 Å². The number of hydrogen-bond acceptors (Lipinski definition) is 3. The standard InChI is InChI=1S/C20H15N3O/c1-14-12-13-17-19(21-14)23(16-10-6-3-7-11-16)18(22-20(17)24)15-8-4-2-5-9-15/h2-13H,1H3. The lowest BCUT2D eigenvalue weighted by Gasteiger charge is -2.15. The lowest BCUT2D eigenvalue weighted by Crippen LogP contribution is -2.16. The maximum Gasteiger partial charge on any atom is 0.282 e. The highest BCUT2D eigenvalue weighted by Gasteiger charge is 2.15. The Bertz CT molecular complexity index is 1070. The van der Waals surface area contributed by atoms with E-state index in [1.165, 1.54) is 0 Å². The summed E-state index contributed by atoms with van der Waals surface area (Å²) in [7, 11) is 0. The Morgan fingerprint density at radius 3 is 2.17 bits per heavy atom. The first kappa shape index (κ1) is 14.3. The molecule has 2 aromatic carbocycles. The molecule has 4 aromatic rings. The lowest BCUT2D eigenvalue weighted by atomic mass is 10.2. The summed E-state index contributed by atoms with van der Waals surface area (Å²) >= 11 is 0. The number of fused-ring (bicyclic) bond motifs is 1. The minimum absolute atomic E-state index is 0.261. The molecular weight excluding hydrogens is 298 g/mol. The van der Waals surface area contributed by atoms with E-state index < -0.39 is 0 Å². The predicted octanol–water partition coefficient (Wildman–Crippen LogP) is 3.76. The second-order valence-electron chi connectivity index (χ2n) is 5.60. The first-order chi connectivity index (χ1) is 11.7. The molecule has 116 valence electrons. The maximum absolute atomic E-state index is 12.5. The van der Waals surface area contributed by atoms with E-state index in [0.717, 1.165) is 16.9 Å². The molecule has 0 N–H and O–H groups in total. The highest BCUT2D eigenvalue weighted by atomic mass is 16.1. The summed E-state index contributed by atoms with van der Waals surface area (Å²) in [6.07, 6.45) is 0. The van der Waals surface area contributed by atoms with Gasteiger partial charge in [-0.2, -0.15) is 4.98 Å². The molecule has 0 radical (unpaired) electrons. The van der Waals surface area contributed by atoms with Gasteiger partial charge in [-0.05, 0) is 31.2 Å². The lowest BCUT2D eigenvalue weighted by molar-refractivity contribution is 0.997. The Balaban J connectivity index is 2.18. The Morgan fingerprint density at radius 2 is 1.46 bits per heavy atom. The number of aromatic nitrogens is 3. The van der Waals surface area contributed by atoms with Crippen LogP contribution in [0.3, 0.4) is 0 Å². The molecule has 0 aliphatic heterocycles. The topological polar surface area (TPSA) is 47.8 Å². The molecule has 0 atom stereocenters. The van der Waals surface area contributed by atoms with Gasteiger partial charge in [0.2, 0.25) is 0 Å². The van der Waals surface area contributed by atoms with Crippen molar-refractivity contribution in [3.63, 3.8) is 0 Å². The van der Waals surface area contributed by atoms with Crippen LogP contribution in [0, 0.1) is 6.92 Å². The maximum atomic E-state index is 12.5. The van der Waals surface area contributed by atoms with E-state index in [-0.39, 0.29) is 5.56 Å². The first-order valence-electron chi connectivity index (χ1n) is 7.75. The van der Waals surface area contributed by atoms with Crippen molar-refractivity contribution in [3.8, 4) is 17.1 Å². The number of para-hydroxylation sites is 1. The fraction of sp³-hybridized carbons (Fsp3) is 0.0500. The van der Waals surface area contributed by atoms with Crippen molar-refractivity contribution in [1.82, 2.24) is 14.5 Å². The second-order valence-corrected chi connectivity index (χ2v) is 5.60. The largest absolute Gasteiger partial charge is 0.282 e. The third-order valence-electron chi connectivity index (χ3n) is 3.92. The van der Waals surface area contributed by atoms with Gasteiger partial charge in [-0.25, -0.2) is 4.98 Å². The van der Waals surface area contributed by atoms with Crippen LogP contribution < -0.4 is 5.56 Å². The molecule has 24 heavy (non-hydrogen) atoms. The molecule has 0 bridgehead atoms. The van der Waals surface area contributed by atoms with Crippen LogP contribution in [-0.4, -0.2) is 14.5 Å². The van der Waals surface area contributed by atoms with Gasteiger partial charge in [0.15, 0.2) is 5.65 Å². The van der Waals surface area contributed by atoms with Crippen LogP contribution in [0.2, 0.25) is 0 Å². The molecule has 0 unspecified atom stereocenters. The van der Waals surface area contributed by atoms with Crippen molar-refractivity contribution in [2.24, 2.45) is 0 Å². The van der Waals surface area contributed by atoms with Gasteiger partial charge >= 0.3 is 0 Å². The molecule has 0 saturated carbocycles. The first-order valence-corrected chi connectivity index (χ1v) is 7.75. The molecular formula is C20H15N3O. The van der Waals surface area contributed by atoms with Gasteiger partial charge in [0.05, 0.1) is 5.39 Å². The van der Waals surface area contributed by atoms with Crippen molar-refractivity contribution in [2.45, 2.75) is 6.92 Å². The number of aryl methyl sites for hydroxylation is 1. The van der Waals surface area contributed by atoms with Crippen LogP contribution in [0.1, 0.15) is 5.69 Å². The van der Waals surface area contributed by atoms with E-state index in [4.69, 9.17) is 0 Å². The fourth-order valence-electron chi connectivity index (χ4n) is 2.79. The summed E-state index contributed by atoms with van der Waals surface area (Å²) in [5, 5.41) is 0.518. The zero-order valence-electron chi connectivity index (χ0n) is 13.2. The number of nitrogens with zero attached hydrogens (tertiary/aromatic N) is 3. The smallest absolute Gasteiger partial charge is 0.278 e. The second kappa shape index (κ2) is 5.74. The predicted molar refractivity (Wildman–Crippen MR) is 95.3 cm³/mol. The third-order valence-corrected chi connectivity index (χ3v) is 3.92. The summed E-state index contributed by atoms with van der Waals surface area (Å²) in [5.74, 6) is 0.595. The van der Waals surface area contributed by atoms with Crippen LogP contribution in [0.5, 0.6) is 0 Å². The van der Waals surface area contributed by atoms with Gasteiger partial charge in [0.1, 0.15) is 5.82 Å². The van der Waals surface area contributed by atoms with E-state index in [9.17, 15) is 4.79 Å². The molecule has 0 amide bonds. The van der Waals surface area contributed by atoms with E-state index in [1.54, 1.807) is 6.07 Å². The van der Waals surface area contributed by atoms with Crippen LogP contribution in [0.4, 0.5) is 0 Å². The van der Waals surface area contributed by atoms with Gasteiger partial charge < -0.3 is 0 Å². The summed E-state index contributed by atoms with van der Waals surface area (Å²) in [5.41, 5.74) is 3.02. The molecule has 0 spiro atoms. The van der Waals surface area contributed by atoms with Gasteiger partial charge in [-0.1, -0.05) is 48.5 Å². The molecule has 0 aliphatic rings. The zero-order chi connectivity index (χ0) is 16.5. The van der Waals surface area contributed by atoms with Crippen molar-refractivity contribution in [3.05, 3.63) is 88.8 Å². The number of pyridine rings is 1. The summed E-state index contributed by atoms with van der Waals surface area (Å²) < 4.78 is 1.94. The molecule has 4 heteroatoms. The normalized spacial score (nSPS) is 10.9. The van der Waals surface area contributed by atoms with Crippen molar-refractivity contribution < 1.29 is 0 Å². The Kier molecular flexibility index (Phi) is 3.43. The van der Waals surface area contributed by atoms with Crippen molar-refractivity contribution in [1.29, 1.82) is 0 Å². The highest BCUT2D eigenvalue weighted by Crippen LogP contribution is 2.24. The van der Waals surface area contributed by atoms with E-state index in [1.807, 2.05) is 78.2 Å². The van der Waals surface area contributed by atoms with Gasteiger partial charge in [-0.3, -0.25) is 9.36 Å². The molecule has 0 aliphatic carbocycles. The van der Waals surface area contributed by atoms with Gasteiger partial charge in [-0.15, -0.1) is 0 Å². The minimum Gasteiger partial charge on any atom is -0.278 e. The number of benzene rings is 2. The Hall–Kier alpha value is -3.27. The summed E-state index contributed by atoms with van der Waals surface area (Å²) in [6, 6.07) is 23.2. The third kappa shape index (κ3) is 2.38. The fourth-order valence-corrected chi connectivity index (χ4v) is 2.79. The minimum atomic E-state index is -0.261. The zero-order valence-corrected chi connectivity index (χ0v) is 13.2. The van der Waals surface area contributed by atoms with Gasteiger partial charge in [0, 0.05) is 16.9 Å². The Labute approximate surface area is 139 Å². The van der Waals surface area contributed by atoms with Crippen LogP contribution >= 0.6 is 0 Å². The van der Waals surface area contributed by atoms with Gasteiger partial charge in [0.25, 0.3) is 5.56 Å². The highest BCUT2D eigenvalue weighted by molar-refractivity contribution is 5.79. The average Bonchev–Trinajstić information content (AvgIpc) is 2.63. The quantitative estimate of drug-likeness (QED) is 0.566. The average molecular weight is 313 g/mol. The summed E-state index contributed by atoms with van der Waals surface area (Å²) in [6.45, 7) is 1.92. The molecule has 2 heterocycles. The number of rotatable bonds is 2. The molecule has 0 fully saturated rings. The van der Waals surface area contributed by atoms with E-state index in [2.05, 4.69) is 9.97 Å². The van der Waals surface area contributed by atoms with Crippen molar-refractivity contribution in [2.75, 3.05) is 0 Å². The number of hydrogen-bond donors (Lipinski definition) is 0. The van der Waals surface area contributed by atoms with E-state index >= 15 is 0 Å². The molecule has 4 nitrogen and oxygen atoms in total. The molecule has 2 aromatic heterocycles.